The minimum atomic E-state index is 0. The normalized spacial score (nSPS) is 20.3. The topological polar surface area (TPSA) is 72.9 Å². The Morgan fingerprint density at radius 1 is 1.22 bits per heavy atom. The van der Waals surface area contributed by atoms with Crippen molar-refractivity contribution in [1.82, 2.24) is 20.5 Å². The standard InChI is InChI=1S/C19H30N6O.HI/c1-24(2)18(26)13-21-19(22-15-7-3-4-8-15)23-16-10-12-25(14-16)17-9-5-6-11-20-17;/h5-6,9,11,15-16H,3-4,7-8,10,12-14H2,1-2H3,(H2,21,22,23);1H. The molecule has 1 saturated carbocycles. The van der Waals surface area contributed by atoms with E-state index in [-0.39, 0.29) is 36.4 Å². The van der Waals surface area contributed by atoms with Crippen molar-refractivity contribution in [3.63, 3.8) is 0 Å². The van der Waals surface area contributed by atoms with Crippen molar-refractivity contribution in [3.8, 4) is 0 Å². The van der Waals surface area contributed by atoms with Crippen LogP contribution in [0.1, 0.15) is 32.1 Å². The lowest BCUT2D eigenvalue weighted by Crippen LogP contribution is -2.48. The first-order valence-electron chi connectivity index (χ1n) is 9.55. The second kappa shape index (κ2) is 10.7. The van der Waals surface area contributed by atoms with Crippen LogP contribution in [0.3, 0.4) is 0 Å². The number of rotatable bonds is 5. The molecule has 7 nitrogen and oxygen atoms in total. The van der Waals surface area contributed by atoms with Crippen LogP contribution in [-0.4, -0.2) is 67.6 Å². The summed E-state index contributed by atoms with van der Waals surface area (Å²) >= 11 is 0. The number of hydrogen-bond donors (Lipinski definition) is 2. The largest absolute Gasteiger partial charge is 0.354 e. The Morgan fingerprint density at radius 3 is 2.63 bits per heavy atom. The molecule has 0 radical (unpaired) electrons. The summed E-state index contributed by atoms with van der Waals surface area (Å²) in [6.45, 7) is 2.04. The van der Waals surface area contributed by atoms with E-state index in [9.17, 15) is 4.79 Å². The highest BCUT2D eigenvalue weighted by molar-refractivity contribution is 14.0. The van der Waals surface area contributed by atoms with Gasteiger partial charge in [0, 0.05) is 45.5 Å². The maximum absolute atomic E-state index is 11.9. The number of carbonyl (C=O) groups is 1. The van der Waals surface area contributed by atoms with E-state index in [2.05, 4.69) is 25.5 Å². The van der Waals surface area contributed by atoms with Crippen LogP contribution < -0.4 is 15.5 Å². The number of nitrogens with one attached hydrogen (secondary N) is 2. The van der Waals surface area contributed by atoms with Crippen LogP contribution in [0.5, 0.6) is 0 Å². The van der Waals surface area contributed by atoms with Crippen molar-refractivity contribution in [3.05, 3.63) is 24.4 Å². The first-order valence-corrected chi connectivity index (χ1v) is 9.55. The van der Waals surface area contributed by atoms with Crippen molar-refractivity contribution in [2.45, 2.75) is 44.2 Å². The van der Waals surface area contributed by atoms with E-state index >= 15 is 0 Å². The lowest BCUT2D eigenvalue weighted by molar-refractivity contribution is -0.127. The fraction of sp³-hybridized carbons (Fsp3) is 0.632. The highest BCUT2D eigenvalue weighted by Gasteiger charge is 2.25. The Labute approximate surface area is 179 Å². The van der Waals surface area contributed by atoms with Gasteiger partial charge in [-0.2, -0.15) is 0 Å². The van der Waals surface area contributed by atoms with Crippen LogP contribution in [0.25, 0.3) is 0 Å². The third-order valence-corrected chi connectivity index (χ3v) is 5.07. The van der Waals surface area contributed by atoms with E-state index in [0.717, 1.165) is 31.3 Å². The lowest BCUT2D eigenvalue weighted by atomic mass is 10.2. The summed E-state index contributed by atoms with van der Waals surface area (Å²) in [7, 11) is 3.52. The molecule has 27 heavy (non-hydrogen) atoms. The Balaban J connectivity index is 0.00000261. The highest BCUT2D eigenvalue weighted by Crippen LogP contribution is 2.19. The molecule has 1 saturated heterocycles. The summed E-state index contributed by atoms with van der Waals surface area (Å²) in [5.41, 5.74) is 0. The monoisotopic (exact) mass is 486 g/mol. The molecule has 3 rings (SSSR count). The summed E-state index contributed by atoms with van der Waals surface area (Å²) in [6, 6.07) is 6.77. The third-order valence-electron chi connectivity index (χ3n) is 5.07. The smallest absolute Gasteiger partial charge is 0.243 e. The fourth-order valence-electron chi connectivity index (χ4n) is 3.50. The number of carbonyl (C=O) groups excluding carboxylic acids is 1. The number of aliphatic imine (C=N–C) groups is 1. The number of likely N-dealkylation sites (N-methyl/N-ethyl adjacent to an activating group) is 1. The molecule has 1 aromatic rings. The molecular formula is C19H31IN6O. The maximum Gasteiger partial charge on any atom is 0.243 e. The van der Waals surface area contributed by atoms with Gasteiger partial charge in [-0.1, -0.05) is 18.9 Å². The van der Waals surface area contributed by atoms with Gasteiger partial charge < -0.3 is 20.4 Å². The SMILES string of the molecule is CN(C)C(=O)CN=C(NC1CCCC1)NC1CCN(c2ccccn2)C1.I. The Hall–Kier alpha value is -1.58. The molecule has 1 amide bonds. The van der Waals surface area contributed by atoms with Gasteiger partial charge in [0.15, 0.2) is 5.96 Å². The van der Waals surface area contributed by atoms with Gasteiger partial charge in [-0.15, -0.1) is 24.0 Å². The molecule has 2 N–H and O–H groups in total. The quantitative estimate of drug-likeness (QED) is 0.378. The van der Waals surface area contributed by atoms with Gasteiger partial charge in [-0.25, -0.2) is 9.98 Å². The fourth-order valence-corrected chi connectivity index (χ4v) is 3.50. The average Bonchev–Trinajstić information content (AvgIpc) is 3.32. The molecule has 150 valence electrons. The Bertz CT molecular complexity index is 618. The average molecular weight is 486 g/mol. The maximum atomic E-state index is 11.9. The van der Waals surface area contributed by atoms with E-state index in [0.29, 0.717) is 12.1 Å². The second-order valence-corrected chi connectivity index (χ2v) is 7.34. The van der Waals surface area contributed by atoms with Gasteiger partial charge in [0.05, 0.1) is 0 Å². The molecule has 2 fully saturated rings. The van der Waals surface area contributed by atoms with Crippen LogP contribution in [0.15, 0.2) is 29.4 Å². The number of hydrogen-bond acceptors (Lipinski definition) is 4. The lowest BCUT2D eigenvalue weighted by Gasteiger charge is -2.22. The summed E-state index contributed by atoms with van der Waals surface area (Å²) in [4.78, 5) is 24.7. The van der Waals surface area contributed by atoms with E-state index in [1.54, 1.807) is 19.0 Å². The van der Waals surface area contributed by atoms with Gasteiger partial charge in [0.25, 0.3) is 0 Å². The summed E-state index contributed by atoms with van der Waals surface area (Å²) < 4.78 is 0. The molecule has 0 aromatic carbocycles. The Kier molecular flexibility index (Phi) is 8.59. The van der Waals surface area contributed by atoms with Gasteiger partial charge in [-0.05, 0) is 31.4 Å². The zero-order valence-corrected chi connectivity index (χ0v) is 18.6. The zero-order chi connectivity index (χ0) is 18.4. The number of nitrogens with zero attached hydrogens (tertiary/aromatic N) is 4. The third kappa shape index (κ3) is 6.51. The summed E-state index contributed by atoms with van der Waals surface area (Å²) in [5.74, 6) is 1.79. The van der Waals surface area contributed by atoms with Crippen molar-refractivity contribution >= 4 is 41.7 Å². The molecule has 1 aliphatic heterocycles. The van der Waals surface area contributed by atoms with Gasteiger partial charge in [-0.3, -0.25) is 4.79 Å². The first-order chi connectivity index (χ1) is 12.6. The van der Waals surface area contributed by atoms with Gasteiger partial charge in [0.1, 0.15) is 12.4 Å². The van der Waals surface area contributed by atoms with E-state index in [1.807, 2.05) is 24.4 Å². The molecule has 0 bridgehead atoms. The van der Waals surface area contributed by atoms with Crippen molar-refractivity contribution in [2.24, 2.45) is 4.99 Å². The predicted molar refractivity (Wildman–Crippen MR) is 120 cm³/mol. The van der Waals surface area contributed by atoms with Crippen LogP contribution in [0.4, 0.5) is 5.82 Å². The molecular weight excluding hydrogens is 455 g/mol. The molecule has 1 unspecified atom stereocenters. The highest BCUT2D eigenvalue weighted by atomic mass is 127. The minimum Gasteiger partial charge on any atom is -0.354 e. The first kappa shape index (κ1) is 21.7. The molecule has 2 aliphatic rings. The number of anilines is 1. The van der Waals surface area contributed by atoms with Crippen LogP contribution in [-0.2, 0) is 4.79 Å². The number of halogens is 1. The van der Waals surface area contributed by atoms with E-state index in [4.69, 9.17) is 0 Å². The molecule has 8 heteroatoms. The Morgan fingerprint density at radius 2 is 1.96 bits per heavy atom. The second-order valence-electron chi connectivity index (χ2n) is 7.34. The van der Waals surface area contributed by atoms with E-state index < -0.39 is 0 Å². The molecule has 1 atom stereocenters. The number of amides is 1. The minimum absolute atomic E-state index is 0. The number of guanidine groups is 1. The molecule has 2 heterocycles. The molecule has 1 aliphatic carbocycles. The van der Waals surface area contributed by atoms with Crippen molar-refractivity contribution < 1.29 is 4.79 Å². The number of pyridine rings is 1. The van der Waals surface area contributed by atoms with E-state index in [1.165, 1.54) is 25.7 Å². The van der Waals surface area contributed by atoms with Crippen LogP contribution in [0.2, 0.25) is 0 Å². The van der Waals surface area contributed by atoms with Gasteiger partial charge in [0.2, 0.25) is 5.91 Å². The summed E-state index contributed by atoms with van der Waals surface area (Å²) in [5, 5.41) is 7.06. The van der Waals surface area contributed by atoms with Gasteiger partial charge >= 0.3 is 0 Å². The van der Waals surface area contributed by atoms with Crippen molar-refractivity contribution in [2.75, 3.05) is 38.6 Å². The van der Waals surface area contributed by atoms with Crippen LogP contribution in [0, 0.1) is 0 Å². The zero-order valence-electron chi connectivity index (χ0n) is 16.2. The summed E-state index contributed by atoms with van der Waals surface area (Å²) in [6.07, 6.45) is 7.73. The van der Waals surface area contributed by atoms with Crippen LogP contribution >= 0.6 is 24.0 Å². The predicted octanol–water partition coefficient (Wildman–Crippen LogP) is 1.84. The molecule has 1 aromatic heterocycles. The van der Waals surface area contributed by atoms with Crippen molar-refractivity contribution in [1.29, 1.82) is 0 Å². The number of aromatic nitrogens is 1. The molecule has 0 spiro atoms.